The van der Waals surface area contributed by atoms with Crippen molar-refractivity contribution in [2.45, 2.75) is 11.4 Å². The highest BCUT2D eigenvalue weighted by Gasteiger charge is 2.34. The Morgan fingerprint density at radius 2 is 1.72 bits per heavy atom. The first-order valence-electron chi connectivity index (χ1n) is 5.38. The van der Waals surface area contributed by atoms with Crippen molar-refractivity contribution in [3.63, 3.8) is 0 Å². The fraction of sp³-hybridized carbons (Fsp3) is 0.0769. The highest BCUT2D eigenvalue weighted by molar-refractivity contribution is 7.93. The second kappa shape index (κ2) is 4.67. The van der Waals surface area contributed by atoms with E-state index in [1.54, 1.807) is 22.5 Å². The number of rotatable bonds is 1. The molecule has 0 saturated heterocycles. The molecule has 0 radical (unpaired) electrons. The Kier molecular flexibility index (Phi) is 3.16. The molecule has 0 aliphatic carbocycles. The van der Waals surface area contributed by atoms with Crippen LogP contribution in [0.1, 0.15) is 5.56 Å². The summed E-state index contributed by atoms with van der Waals surface area (Å²) in [6.45, 7) is 0.611. The van der Waals surface area contributed by atoms with Gasteiger partial charge in [0.05, 0.1) is 12.2 Å². The van der Waals surface area contributed by atoms with Gasteiger partial charge in [-0.1, -0.05) is 41.4 Å². The molecule has 2 aromatic rings. The van der Waals surface area contributed by atoms with Gasteiger partial charge in [-0.15, -0.1) is 0 Å². The monoisotopic (exact) mass is 297 g/mol. The maximum atomic E-state index is 12.4. The number of hydrogen-bond donors (Lipinski definition) is 0. The summed E-state index contributed by atoms with van der Waals surface area (Å²) >= 11 is 10.8. The van der Waals surface area contributed by atoms with E-state index >= 15 is 0 Å². The molecular weight excluding hydrogens is 289 g/mol. The minimum Gasteiger partial charge on any atom is -0.588 e. The SMILES string of the molecule is [O-][S+]1c2ccccc2CN1c1cc(Cl)cc(Cl)c1. The van der Waals surface area contributed by atoms with Gasteiger partial charge < -0.3 is 4.55 Å². The summed E-state index contributed by atoms with van der Waals surface area (Å²) in [6, 6.07) is 12.9. The molecular formula is C13H9Cl2NOS. The second-order valence-electron chi connectivity index (χ2n) is 4.02. The van der Waals surface area contributed by atoms with Crippen LogP contribution in [0.5, 0.6) is 0 Å². The van der Waals surface area contributed by atoms with Crippen LogP contribution in [0, 0.1) is 0 Å². The molecule has 0 saturated carbocycles. The minimum absolute atomic E-state index is 0.547. The quantitative estimate of drug-likeness (QED) is 0.743. The van der Waals surface area contributed by atoms with Crippen molar-refractivity contribution in [2.24, 2.45) is 0 Å². The van der Waals surface area contributed by atoms with Gasteiger partial charge in [-0.25, -0.2) is 0 Å². The summed E-state index contributed by atoms with van der Waals surface area (Å²) in [5, 5.41) is 1.09. The molecule has 0 bridgehead atoms. The van der Waals surface area contributed by atoms with Crippen LogP contribution in [0.3, 0.4) is 0 Å². The van der Waals surface area contributed by atoms with Crippen molar-refractivity contribution in [1.29, 1.82) is 0 Å². The first-order valence-corrected chi connectivity index (χ1v) is 7.25. The van der Waals surface area contributed by atoms with Crippen molar-refractivity contribution in [2.75, 3.05) is 4.31 Å². The van der Waals surface area contributed by atoms with Gasteiger partial charge in [-0.05, 0) is 24.3 Å². The lowest BCUT2D eigenvalue weighted by atomic mass is 10.2. The van der Waals surface area contributed by atoms with E-state index in [0.717, 1.165) is 16.1 Å². The molecule has 1 atom stereocenters. The Hall–Kier alpha value is -0.870. The van der Waals surface area contributed by atoms with Crippen molar-refractivity contribution in [1.82, 2.24) is 0 Å². The molecule has 0 spiro atoms. The standard InChI is InChI=1S/C13H9Cl2NOS/c14-10-5-11(15)7-12(6-10)16-8-9-3-1-2-4-13(9)18(16)17/h1-7H,8H2. The van der Waals surface area contributed by atoms with Crippen LogP contribution < -0.4 is 4.31 Å². The van der Waals surface area contributed by atoms with E-state index in [0.29, 0.717) is 16.6 Å². The lowest BCUT2D eigenvalue weighted by molar-refractivity contribution is 0.595. The van der Waals surface area contributed by atoms with Crippen LogP contribution in [0.2, 0.25) is 10.0 Å². The van der Waals surface area contributed by atoms with E-state index in [1.807, 2.05) is 24.3 Å². The van der Waals surface area contributed by atoms with Gasteiger partial charge in [0.15, 0.2) is 4.90 Å². The Morgan fingerprint density at radius 1 is 1.06 bits per heavy atom. The highest BCUT2D eigenvalue weighted by Crippen LogP contribution is 2.36. The Bertz CT molecular complexity index is 585. The first-order chi connectivity index (χ1) is 8.65. The van der Waals surface area contributed by atoms with Gasteiger partial charge in [0.1, 0.15) is 11.4 Å². The zero-order chi connectivity index (χ0) is 12.7. The van der Waals surface area contributed by atoms with Crippen LogP contribution in [-0.2, 0) is 17.9 Å². The van der Waals surface area contributed by atoms with Crippen LogP contribution in [-0.4, -0.2) is 4.55 Å². The number of hydrogen-bond acceptors (Lipinski definition) is 2. The largest absolute Gasteiger partial charge is 0.588 e. The number of anilines is 1. The minimum atomic E-state index is -1.19. The third-order valence-electron chi connectivity index (χ3n) is 2.81. The van der Waals surface area contributed by atoms with Crippen molar-refractivity contribution in [3.8, 4) is 0 Å². The smallest absolute Gasteiger partial charge is 0.185 e. The molecule has 2 nitrogen and oxygen atoms in total. The van der Waals surface area contributed by atoms with Crippen molar-refractivity contribution in [3.05, 3.63) is 58.1 Å². The van der Waals surface area contributed by atoms with Crippen LogP contribution in [0.15, 0.2) is 47.4 Å². The van der Waals surface area contributed by atoms with Crippen LogP contribution in [0.4, 0.5) is 5.69 Å². The predicted octanol–water partition coefficient (Wildman–Crippen LogP) is 4.04. The average Bonchev–Trinajstić information content (AvgIpc) is 2.66. The van der Waals surface area contributed by atoms with Gasteiger partial charge in [0.2, 0.25) is 0 Å². The Labute approximate surface area is 118 Å². The number of halogens is 2. The van der Waals surface area contributed by atoms with Gasteiger partial charge >= 0.3 is 0 Å². The predicted molar refractivity (Wildman–Crippen MR) is 75.5 cm³/mol. The topological polar surface area (TPSA) is 26.3 Å². The molecule has 18 heavy (non-hydrogen) atoms. The lowest BCUT2D eigenvalue weighted by Crippen LogP contribution is -2.23. The molecule has 0 fully saturated rings. The molecule has 1 aliphatic rings. The summed E-state index contributed by atoms with van der Waals surface area (Å²) in [5.41, 5.74) is 1.86. The van der Waals surface area contributed by atoms with E-state index in [4.69, 9.17) is 23.2 Å². The highest BCUT2D eigenvalue weighted by atomic mass is 35.5. The van der Waals surface area contributed by atoms with E-state index in [-0.39, 0.29) is 0 Å². The third kappa shape index (κ3) is 2.08. The summed E-state index contributed by atoms with van der Waals surface area (Å²) in [7, 11) is 0. The maximum absolute atomic E-state index is 12.4. The van der Waals surface area contributed by atoms with Crippen molar-refractivity contribution >= 4 is 40.3 Å². The molecule has 92 valence electrons. The zero-order valence-electron chi connectivity index (χ0n) is 9.27. The Morgan fingerprint density at radius 3 is 2.39 bits per heavy atom. The summed E-state index contributed by atoms with van der Waals surface area (Å²) in [4.78, 5) is 0.855. The normalized spacial score (nSPS) is 17.9. The third-order valence-corrected chi connectivity index (χ3v) is 4.76. The molecule has 0 N–H and O–H groups in total. The fourth-order valence-electron chi connectivity index (χ4n) is 2.01. The summed E-state index contributed by atoms with van der Waals surface area (Å²) < 4.78 is 14.2. The molecule has 0 aromatic heterocycles. The van der Waals surface area contributed by atoms with Crippen LogP contribution in [0.25, 0.3) is 0 Å². The van der Waals surface area contributed by atoms with Gasteiger partial charge in [-0.3, -0.25) is 0 Å². The molecule has 3 rings (SSSR count). The molecule has 2 aromatic carbocycles. The molecule has 0 amide bonds. The van der Waals surface area contributed by atoms with Gasteiger partial charge in [0.25, 0.3) is 0 Å². The number of fused-ring (bicyclic) bond motifs is 1. The van der Waals surface area contributed by atoms with E-state index in [1.165, 1.54) is 0 Å². The van der Waals surface area contributed by atoms with E-state index in [2.05, 4.69) is 0 Å². The molecule has 1 heterocycles. The van der Waals surface area contributed by atoms with E-state index in [9.17, 15) is 4.55 Å². The van der Waals surface area contributed by atoms with Crippen molar-refractivity contribution < 1.29 is 4.55 Å². The summed E-state index contributed by atoms with van der Waals surface area (Å²) in [5.74, 6) is 0. The summed E-state index contributed by atoms with van der Waals surface area (Å²) in [6.07, 6.45) is 0. The number of nitrogens with zero attached hydrogens (tertiary/aromatic N) is 1. The average molecular weight is 298 g/mol. The first kappa shape index (κ1) is 12.2. The van der Waals surface area contributed by atoms with Gasteiger partial charge in [-0.2, -0.15) is 4.31 Å². The fourth-order valence-corrected chi connectivity index (χ4v) is 3.86. The zero-order valence-corrected chi connectivity index (χ0v) is 11.6. The lowest BCUT2D eigenvalue weighted by Gasteiger charge is -2.18. The second-order valence-corrected chi connectivity index (χ2v) is 6.27. The molecule has 5 heteroatoms. The molecule has 1 aliphatic heterocycles. The number of benzene rings is 2. The van der Waals surface area contributed by atoms with E-state index < -0.39 is 11.4 Å². The van der Waals surface area contributed by atoms with Crippen LogP contribution >= 0.6 is 23.2 Å². The van der Waals surface area contributed by atoms with Gasteiger partial charge in [0, 0.05) is 15.6 Å². The maximum Gasteiger partial charge on any atom is 0.185 e. The molecule has 1 unspecified atom stereocenters. The Balaban J connectivity index is 2.01.